The number of ether oxygens (including phenoxy) is 1. The minimum absolute atomic E-state index is 0.0642. The molecule has 1 atom stereocenters. The summed E-state index contributed by atoms with van der Waals surface area (Å²) in [7, 11) is -2.52. The SMILES string of the molecule is COC(=O)c1c(S(=O)(=O)NCCC2=CCCCC2)sc2c1CCN(CCC(C)O)C2. The molecule has 0 saturated carbocycles. The number of carbonyl (C=O) groups excluding carboxylic acids is 1. The highest BCUT2D eigenvalue weighted by Gasteiger charge is 2.33. The van der Waals surface area contributed by atoms with Crippen LogP contribution < -0.4 is 4.72 Å². The lowest BCUT2D eigenvalue weighted by molar-refractivity contribution is 0.0595. The van der Waals surface area contributed by atoms with Crippen molar-refractivity contribution in [2.75, 3.05) is 26.7 Å². The number of thiophene rings is 1. The van der Waals surface area contributed by atoms with Crippen molar-refractivity contribution in [1.29, 1.82) is 0 Å². The molecule has 1 aromatic rings. The predicted octanol–water partition coefficient (Wildman–Crippen LogP) is 2.83. The summed E-state index contributed by atoms with van der Waals surface area (Å²) in [4.78, 5) is 15.5. The predicted molar refractivity (Wildman–Crippen MR) is 117 cm³/mol. The zero-order valence-electron chi connectivity index (χ0n) is 17.8. The van der Waals surface area contributed by atoms with E-state index in [9.17, 15) is 18.3 Å². The van der Waals surface area contributed by atoms with Gasteiger partial charge in [0.2, 0.25) is 0 Å². The Morgan fingerprint density at radius 2 is 2.17 bits per heavy atom. The van der Waals surface area contributed by atoms with Gasteiger partial charge in [0.1, 0.15) is 4.21 Å². The average molecular weight is 457 g/mol. The fourth-order valence-corrected chi connectivity index (χ4v) is 7.03. The summed E-state index contributed by atoms with van der Waals surface area (Å²) in [6, 6.07) is 0. The quantitative estimate of drug-likeness (QED) is 0.438. The Labute approximate surface area is 183 Å². The third-order valence-electron chi connectivity index (χ3n) is 5.72. The van der Waals surface area contributed by atoms with Crippen LogP contribution in [-0.4, -0.2) is 57.2 Å². The Hall–Kier alpha value is -1.26. The van der Waals surface area contributed by atoms with Crippen molar-refractivity contribution in [3.05, 3.63) is 27.7 Å². The van der Waals surface area contributed by atoms with Gasteiger partial charge < -0.3 is 9.84 Å². The summed E-state index contributed by atoms with van der Waals surface area (Å²) in [6.07, 6.45) is 8.25. The monoisotopic (exact) mass is 456 g/mol. The maximum atomic E-state index is 13.1. The lowest BCUT2D eigenvalue weighted by Crippen LogP contribution is -2.32. The van der Waals surface area contributed by atoms with Crippen LogP contribution in [0.4, 0.5) is 0 Å². The van der Waals surface area contributed by atoms with Crippen LogP contribution in [0.2, 0.25) is 0 Å². The number of methoxy groups -OCH3 is 1. The third-order valence-corrected chi connectivity index (χ3v) is 8.92. The van der Waals surface area contributed by atoms with Gasteiger partial charge in [0, 0.05) is 31.1 Å². The number of fused-ring (bicyclic) bond motifs is 1. The number of hydrogen-bond acceptors (Lipinski definition) is 7. The highest BCUT2D eigenvalue weighted by molar-refractivity contribution is 7.91. The van der Waals surface area contributed by atoms with Crippen molar-refractivity contribution in [2.45, 2.75) is 68.7 Å². The fourth-order valence-electron chi connectivity index (χ4n) is 4.03. The molecule has 0 saturated heterocycles. The van der Waals surface area contributed by atoms with Gasteiger partial charge in [-0.15, -0.1) is 11.3 Å². The first-order chi connectivity index (χ1) is 14.3. The van der Waals surface area contributed by atoms with Gasteiger partial charge in [0.15, 0.2) is 0 Å². The lowest BCUT2D eigenvalue weighted by atomic mass is 9.97. The molecule has 0 bridgehead atoms. The van der Waals surface area contributed by atoms with Gasteiger partial charge in [-0.2, -0.15) is 0 Å². The van der Waals surface area contributed by atoms with E-state index >= 15 is 0 Å². The van der Waals surface area contributed by atoms with Gasteiger partial charge in [-0.3, -0.25) is 4.90 Å². The summed E-state index contributed by atoms with van der Waals surface area (Å²) in [5.74, 6) is -0.597. The second-order valence-corrected chi connectivity index (χ2v) is 11.1. The van der Waals surface area contributed by atoms with Gasteiger partial charge >= 0.3 is 5.97 Å². The number of aliphatic hydroxyl groups excluding tert-OH is 1. The number of nitrogens with zero attached hydrogens (tertiary/aromatic N) is 1. The molecule has 9 heteroatoms. The Balaban J connectivity index is 1.77. The van der Waals surface area contributed by atoms with Gasteiger partial charge in [0.05, 0.1) is 18.8 Å². The van der Waals surface area contributed by atoms with E-state index in [0.29, 0.717) is 32.4 Å². The molecule has 3 rings (SSSR count). The molecular formula is C21H32N2O5S2. The lowest BCUT2D eigenvalue weighted by Gasteiger charge is -2.27. The van der Waals surface area contributed by atoms with E-state index in [1.165, 1.54) is 30.4 Å². The minimum Gasteiger partial charge on any atom is -0.465 e. The van der Waals surface area contributed by atoms with Crippen molar-refractivity contribution in [1.82, 2.24) is 9.62 Å². The smallest absolute Gasteiger partial charge is 0.340 e. The van der Waals surface area contributed by atoms with Gasteiger partial charge in [-0.05, 0) is 57.4 Å². The number of esters is 1. The van der Waals surface area contributed by atoms with Crippen LogP contribution in [0.5, 0.6) is 0 Å². The molecule has 0 spiro atoms. The molecule has 0 fully saturated rings. The molecule has 2 aliphatic rings. The van der Waals surface area contributed by atoms with Crippen molar-refractivity contribution >= 4 is 27.3 Å². The Kier molecular flexibility index (Phi) is 8.09. The molecule has 0 amide bonds. The standard InChI is InChI=1S/C21H32N2O5S2/c1-15(24)9-12-23-13-10-17-18(14-23)29-21(19(17)20(25)28-2)30(26,27)22-11-8-16-6-4-3-5-7-16/h6,15,22,24H,3-5,7-14H2,1-2H3. The first kappa shape index (κ1) is 23.4. The number of nitrogens with one attached hydrogen (secondary N) is 1. The van der Waals surface area contributed by atoms with E-state index in [1.54, 1.807) is 6.92 Å². The van der Waals surface area contributed by atoms with Crippen LogP contribution in [0.3, 0.4) is 0 Å². The first-order valence-corrected chi connectivity index (χ1v) is 12.9. The zero-order chi connectivity index (χ0) is 21.7. The van der Waals surface area contributed by atoms with Crippen LogP contribution in [-0.2, 0) is 27.7 Å². The molecular weight excluding hydrogens is 424 g/mol. The Morgan fingerprint density at radius 3 is 2.83 bits per heavy atom. The maximum Gasteiger partial charge on any atom is 0.340 e. The van der Waals surface area contributed by atoms with E-state index in [0.717, 1.165) is 42.8 Å². The Bertz CT molecular complexity index is 889. The zero-order valence-corrected chi connectivity index (χ0v) is 19.4. The summed E-state index contributed by atoms with van der Waals surface area (Å²) in [5, 5.41) is 9.54. The molecule has 2 N–H and O–H groups in total. The van der Waals surface area contributed by atoms with Crippen molar-refractivity contribution in [3.63, 3.8) is 0 Å². The molecule has 1 aliphatic carbocycles. The number of rotatable bonds is 9. The molecule has 2 heterocycles. The second kappa shape index (κ2) is 10.4. The van der Waals surface area contributed by atoms with Crippen LogP contribution >= 0.6 is 11.3 Å². The minimum atomic E-state index is -3.80. The van der Waals surface area contributed by atoms with Crippen LogP contribution in [0.15, 0.2) is 15.9 Å². The van der Waals surface area contributed by atoms with Crippen molar-refractivity contribution in [2.24, 2.45) is 0 Å². The number of hydrogen-bond donors (Lipinski definition) is 2. The van der Waals surface area contributed by atoms with Crippen LogP contribution in [0, 0.1) is 0 Å². The van der Waals surface area contributed by atoms with Crippen molar-refractivity contribution < 1.29 is 23.1 Å². The number of carbonyl (C=O) groups is 1. The highest BCUT2D eigenvalue weighted by atomic mass is 32.2. The molecule has 168 valence electrons. The second-order valence-electron chi connectivity index (χ2n) is 8.08. The van der Waals surface area contributed by atoms with E-state index < -0.39 is 16.0 Å². The normalized spacial score (nSPS) is 18.6. The number of aliphatic hydroxyl groups is 1. The van der Waals surface area contributed by atoms with E-state index in [4.69, 9.17) is 4.74 Å². The van der Waals surface area contributed by atoms with E-state index in [1.807, 2.05) is 0 Å². The maximum absolute atomic E-state index is 13.1. The molecule has 0 aromatic carbocycles. The van der Waals surface area contributed by atoms with Crippen LogP contribution in [0.25, 0.3) is 0 Å². The topological polar surface area (TPSA) is 95.9 Å². The van der Waals surface area contributed by atoms with Crippen LogP contribution in [0.1, 0.15) is 66.2 Å². The fraction of sp³-hybridized carbons (Fsp3) is 0.667. The largest absolute Gasteiger partial charge is 0.465 e. The number of allylic oxidation sites excluding steroid dienone is 1. The molecule has 0 radical (unpaired) electrons. The Morgan fingerprint density at radius 1 is 1.37 bits per heavy atom. The highest BCUT2D eigenvalue weighted by Crippen LogP contribution is 2.36. The summed E-state index contributed by atoms with van der Waals surface area (Å²) in [5.41, 5.74) is 2.28. The van der Waals surface area contributed by atoms with E-state index in [2.05, 4.69) is 15.7 Å². The molecule has 7 nitrogen and oxygen atoms in total. The molecule has 1 aliphatic heterocycles. The first-order valence-electron chi connectivity index (χ1n) is 10.6. The summed E-state index contributed by atoms with van der Waals surface area (Å²) >= 11 is 1.17. The third kappa shape index (κ3) is 5.70. The van der Waals surface area contributed by atoms with Gasteiger partial charge in [0.25, 0.3) is 10.0 Å². The molecule has 1 unspecified atom stereocenters. The molecule has 30 heavy (non-hydrogen) atoms. The van der Waals surface area contributed by atoms with E-state index in [-0.39, 0.29) is 15.9 Å². The summed E-state index contributed by atoms with van der Waals surface area (Å²) in [6.45, 7) is 4.13. The summed E-state index contributed by atoms with van der Waals surface area (Å²) < 4.78 is 33.8. The molecule has 1 aromatic heterocycles. The van der Waals surface area contributed by atoms with Gasteiger partial charge in [-0.1, -0.05) is 11.6 Å². The average Bonchev–Trinajstić information content (AvgIpc) is 3.12. The van der Waals surface area contributed by atoms with Crippen molar-refractivity contribution in [3.8, 4) is 0 Å². The van der Waals surface area contributed by atoms with Gasteiger partial charge in [-0.25, -0.2) is 17.9 Å². The number of sulfonamides is 1.